The molecule has 8 heteroatoms. The summed E-state index contributed by atoms with van der Waals surface area (Å²) in [6, 6.07) is 8.44. The Bertz CT molecular complexity index is 817. The molecule has 1 aliphatic carbocycles. The van der Waals surface area contributed by atoms with Crippen molar-refractivity contribution in [2.45, 2.75) is 30.6 Å². The van der Waals surface area contributed by atoms with Crippen molar-refractivity contribution in [1.29, 1.82) is 5.26 Å². The van der Waals surface area contributed by atoms with Gasteiger partial charge in [-0.2, -0.15) is 9.57 Å². The molecule has 0 aromatic heterocycles. The van der Waals surface area contributed by atoms with Crippen LogP contribution < -0.4 is 5.32 Å². The van der Waals surface area contributed by atoms with Crippen LogP contribution in [0.4, 0.5) is 5.69 Å². The van der Waals surface area contributed by atoms with Gasteiger partial charge in [-0.1, -0.05) is 18.9 Å². The van der Waals surface area contributed by atoms with Crippen LogP contribution in [0.2, 0.25) is 0 Å². The summed E-state index contributed by atoms with van der Waals surface area (Å²) in [6.07, 6.45) is 2.82. The van der Waals surface area contributed by atoms with Crippen molar-refractivity contribution in [3.8, 4) is 6.07 Å². The van der Waals surface area contributed by atoms with Gasteiger partial charge in [0, 0.05) is 31.9 Å². The van der Waals surface area contributed by atoms with Crippen LogP contribution in [0.5, 0.6) is 0 Å². The maximum atomic E-state index is 12.8. The van der Waals surface area contributed by atoms with E-state index in [0.29, 0.717) is 44.7 Å². The zero-order valence-electron chi connectivity index (χ0n) is 14.9. The number of nitrogens with one attached hydrogen (secondary N) is 1. The van der Waals surface area contributed by atoms with E-state index in [1.54, 1.807) is 18.2 Å². The molecule has 1 saturated heterocycles. The van der Waals surface area contributed by atoms with Gasteiger partial charge in [0.05, 0.1) is 11.0 Å². The summed E-state index contributed by atoms with van der Waals surface area (Å²) in [4.78, 5) is 14.8. The molecule has 0 unspecified atom stereocenters. The van der Waals surface area contributed by atoms with Crippen LogP contribution in [0.15, 0.2) is 29.2 Å². The molecular weight excluding hydrogens is 352 g/mol. The van der Waals surface area contributed by atoms with Crippen molar-refractivity contribution < 1.29 is 13.2 Å². The number of hydrogen-bond donors (Lipinski definition) is 1. The van der Waals surface area contributed by atoms with Crippen molar-refractivity contribution in [3.63, 3.8) is 0 Å². The average molecular weight is 376 g/mol. The Morgan fingerprint density at radius 2 is 1.85 bits per heavy atom. The van der Waals surface area contributed by atoms with Crippen molar-refractivity contribution in [1.82, 2.24) is 9.21 Å². The molecule has 3 rings (SSSR count). The number of piperazine rings is 1. The van der Waals surface area contributed by atoms with E-state index in [1.165, 1.54) is 10.4 Å². The van der Waals surface area contributed by atoms with Gasteiger partial charge in [0.1, 0.15) is 5.41 Å². The second-order valence-corrected chi connectivity index (χ2v) is 9.03. The third-order valence-electron chi connectivity index (χ3n) is 5.30. The lowest BCUT2D eigenvalue weighted by atomic mass is 9.87. The minimum Gasteiger partial charge on any atom is -0.325 e. The number of amides is 1. The number of anilines is 1. The lowest BCUT2D eigenvalue weighted by molar-refractivity contribution is -0.122. The van der Waals surface area contributed by atoms with Crippen LogP contribution in [0.25, 0.3) is 0 Å². The van der Waals surface area contributed by atoms with Crippen molar-refractivity contribution in [2.75, 3.05) is 38.5 Å². The average Bonchev–Trinajstić information content (AvgIpc) is 3.13. The molecule has 2 aliphatic rings. The monoisotopic (exact) mass is 376 g/mol. The Morgan fingerprint density at radius 3 is 2.46 bits per heavy atom. The lowest BCUT2D eigenvalue weighted by Gasteiger charge is -2.31. The van der Waals surface area contributed by atoms with Gasteiger partial charge in [-0.05, 0) is 38.1 Å². The zero-order chi connectivity index (χ0) is 18.8. The smallest absolute Gasteiger partial charge is 0.244 e. The normalized spacial score (nSPS) is 21.2. The zero-order valence-corrected chi connectivity index (χ0v) is 15.8. The van der Waals surface area contributed by atoms with E-state index in [1.807, 2.05) is 7.05 Å². The van der Waals surface area contributed by atoms with Crippen LogP contribution in [-0.2, 0) is 14.8 Å². The Labute approximate surface area is 154 Å². The third kappa shape index (κ3) is 3.61. The largest absolute Gasteiger partial charge is 0.325 e. The highest BCUT2D eigenvalue weighted by molar-refractivity contribution is 7.89. The molecule has 2 fully saturated rings. The topological polar surface area (TPSA) is 93.5 Å². The number of nitrogens with zero attached hydrogens (tertiary/aromatic N) is 3. The van der Waals surface area contributed by atoms with Crippen LogP contribution in [0.3, 0.4) is 0 Å². The number of rotatable bonds is 4. The third-order valence-corrected chi connectivity index (χ3v) is 7.19. The molecule has 1 amide bonds. The minimum atomic E-state index is -3.59. The van der Waals surface area contributed by atoms with Gasteiger partial charge >= 0.3 is 0 Å². The molecule has 1 heterocycles. The van der Waals surface area contributed by atoms with E-state index >= 15 is 0 Å². The fraction of sp³-hybridized carbons (Fsp3) is 0.556. The molecular formula is C18H24N4O3S. The van der Waals surface area contributed by atoms with E-state index in [9.17, 15) is 18.5 Å². The molecule has 1 saturated carbocycles. The van der Waals surface area contributed by atoms with E-state index in [0.717, 1.165) is 12.8 Å². The standard InChI is InChI=1S/C18H24N4O3S/c1-21-9-11-22(12-10-21)26(24,25)16-6-4-5-15(13-16)20-17(23)18(14-19)7-2-3-8-18/h4-6,13H,2-3,7-12H2,1H3,(H,20,23). The SMILES string of the molecule is CN1CCN(S(=O)(=O)c2cccc(NC(=O)C3(C#N)CCCC3)c2)CC1. The summed E-state index contributed by atoms with van der Waals surface area (Å²) >= 11 is 0. The Hall–Kier alpha value is -1.95. The molecule has 1 N–H and O–H groups in total. The Balaban J connectivity index is 1.78. The van der Waals surface area contributed by atoms with Crippen LogP contribution in [-0.4, -0.2) is 56.8 Å². The molecule has 26 heavy (non-hydrogen) atoms. The van der Waals surface area contributed by atoms with Gasteiger partial charge in [-0.3, -0.25) is 4.79 Å². The summed E-state index contributed by atoms with van der Waals surface area (Å²) in [5.74, 6) is -0.341. The number of carbonyl (C=O) groups is 1. The highest BCUT2D eigenvalue weighted by Crippen LogP contribution is 2.38. The highest BCUT2D eigenvalue weighted by atomic mass is 32.2. The fourth-order valence-corrected chi connectivity index (χ4v) is 5.00. The van der Waals surface area contributed by atoms with Crippen LogP contribution in [0.1, 0.15) is 25.7 Å². The molecule has 1 aromatic carbocycles. The van der Waals surface area contributed by atoms with Gasteiger partial charge in [0.2, 0.25) is 15.9 Å². The Morgan fingerprint density at radius 1 is 1.19 bits per heavy atom. The first kappa shape index (κ1) is 18.8. The molecule has 0 spiro atoms. The second-order valence-electron chi connectivity index (χ2n) is 7.09. The van der Waals surface area contributed by atoms with Crippen molar-refractivity contribution >= 4 is 21.6 Å². The predicted octanol–water partition coefficient (Wildman–Crippen LogP) is 1.65. The first-order chi connectivity index (χ1) is 12.4. The summed E-state index contributed by atoms with van der Waals surface area (Å²) < 4.78 is 27.2. The first-order valence-corrected chi connectivity index (χ1v) is 10.3. The highest BCUT2D eigenvalue weighted by Gasteiger charge is 2.41. The van der Waals surface area contributed by atoms with Crippen LogP contribution in [0, 0.1) is 16.7 Å². The lowest BCUT2D eigenvalue weighted by Crippen LogP contribution is -2.47. The van der Waals surface area contributed by atoms with E-state index in [-0.39, 0.29) is 10.8 Å². The number of likely N-dealkylation sites (N-methyl/N-ethyl adjacent to an activating group) is 1. The minimum absolute atomic E-state index is 0.164. The molecule has 140 valence electrons. The molecule has 0 atom stereocenters. The fourth-order valence-electron chi connectivity index (χ4n) is 3.53. The second kappa shape index (κ2) is 7.35. The molecule has 7 nitrogen and oxygen atoms in total. The first-order valence-electron chi connectivity index (χ1n) is 8.89. The number of benzene rings is 1. The van der Waals surface area contributed by atoms with E-state index < -0.39 is 15.4 Å². The summed E-state index contributed by atoms with van der Waals surface area (Å²) in [5, 5.41) is 12.2. The number of hydrogen-bond acceptors (Lipinski definition) is 5. The number of carbonyl (C=O) groups excluding carboxylic acids is 1. The number of sulfonamides is 1. The van der Waals surface area contributed by atoms with Gasteiger partial charge < -0.3 is 10.2 Å². The van der Waals surface area contributed by atoms with Gasteiger partial charge in [0.15, 0.2) is 0 Å². The van der Waals surface area contributed by atoms with Crippen LogP contribution >= 0.6 is 0 Å². The molecule has 0 radical (unpaired) electrons. The van der Waals surface area contributed by atoms with Crippen molar-refractivity contribution in [2.24, 2.45) is 5.41 Å². The molecule has 0 bridgehead atoms. The van der Waals surface area contributed by atoms with E-state index in [2.05, 4.69) is 16.3 Å². The van der Waals surface area contributed by atoms with Gasteiger partial charge in [-0.15, -0.1) is 0 Å². The Kier molecular flexibility index (Phi) is 5.32. The summed E-state index contributed by atoms with van der Waals surface area (Å²) in [6.45, 7) is 2.29. The summed E-state index contributed by atoms with van der Waals surface area (Å²) in [7, 11) is -1.63. The van der Waals surface area contributed by atoms with Gasteiger partial charge in [0.25, 0.3) is 0 Å². The maximum absolute atomic E-state index is 12.8. The van der Waals surface area contributed by atoms with Crippen molar-refractivity contribution in [3.05, 3.63) is 24.3 Å². The number of nitriles is 1. The van der Waals surface area contributed by atoms with E-state index in [4.69, 9.17) is 0 Å². The molecule has 1 aromatic rings. The summed E-state index contributed by atoms with van der Waals surface area (Å²) in [5.41, 5.74) is -0.585. The maximum Gasteiger partial charge on any atom is 0.244 e. The van der Waals surface area contributed by atoms with Gasteiger partial charge in [-0.25, -0.2) is 8.42 Å². The quantitative estimate of drug-likeness (QED) is 0.862. The predicted molar refractivity (Wildman–Crippen MR) is 97.8 cm³/mol. The molecule has 1 aliphatic heterocycles.